The van der Waals surface area contributed by atoms with Gasteiger partial charge < -0.3 is 0 Å². The molecule has 0 atom stereocenters. The molecule has 0 aliphatic carbocycles. The molecule has 0 fully saturated rings. The molecule has 3 nitrogen and oxygen atoms in total. The fourth-order valence-corrected chi connectivity index (χ4v) is 4.62. The minimum Gasteiger partial charge on any atom is -0.279 e. The third-order valence-electron chi connectivity index (χ3n) is 4.97. The van der Waals surface area contributed by atoms with E-state index in [9.17, 15) is 4.79 Å². The topological polar surface area (TPSA) is 33.2 Å². The Bertz CT molecular complexity index is 1160. The number of aromatic nitrogens is 1. The number of carbonyl (C=O) groups is 1. The number of nitrogens with zero attached hydrogens (tertiary/aromatic N) is 2. The van der Waals surface area contributed by atoms with Crippen molar-refractivity contribution >= 4 is 44.2 Å². The molecule has 3 aromatic carbocycles. The number of carbonyl (C=O) groups excluding carboxylic acids is 1. The van der Waals surface area contributed by atoms with Crippen LogP contribution in [-0.2, 0) is 6.54 Å². The summed E-state index contributed by atoms with van der Waals surface area (Å²) in [4.78, 5) is 20.2. The number of rotatable bonds is 4. The van der Waals surface area contributed by atoms with Gasteiger partial charge in [-0.2, -0.15) is 0 Å². The van der Waals surface area contributed by atoms with Crippen LogP contribution in [0.3, 0.4) is 0 Å². The molecule has 1 heterocycles. The van der Waals surface area contributed by atoms with Crippen LogP contribution in [0.2, 0.25) is 5.02 Å². The minimum atomic E-state index is -0.0529. The van der Waals surface area contributed by atoms with Gasteiger partial charge in [0.2, 0.25) is 0 Å². The summed E-state index contributed by atoms with van der Waals surface area (Å²) in [6, 6.07) is 19.8. The predicted molar refractivity (Wildman–Crippen MR) is 122 cm³/mol. The average molecular weight is 421 g/mol. The smallest absolute Gasteiger partial charge is 0.260 e. The normalized spacial score (nSPS) is 11.0. The fourth-order valence-electron chi connectivity index (χ4n) is 3.31. The number of benzene rings is 3. The summed E-state index contributed by atoms with van der Waals surface area (Å²) in [5.41, 5.74) is 5.65. The van der Waals surface area contributed by atoms with Crippen LogP contribution in [0.25, 0.3) is 10.2 Å². The number of anilines is 1. The number of aryl methyl sites for hydroxylation is 3. The number of fused-ring (bicyclic) bond motifs is 1. The highest BCUT2D eigenvalue weighted by Crippen LogP contribution is 2.36. The zero-order valence-electron chi connectivity index (χ0n) is 16.6. The second-order valence-corrected chi connectivity index (χ2v) is 8.62. The van der Waals surface area contributed by atoms with Gasteiger partial charge in [0.15, 0.2) is 5.13 Å². The van der Waals surface area contributed by atoms with E-state index in [0.29, 0.717) is 22.3 Å². The van der Waals surface area contributed by atoms with Crippen molar-refractivity contribution in [3.8, 4) is 0 Å². The maximum Gasteiger partial charge on any atom is 0.260 e. The van der Waals surface area contributed by atoms with Gasteiger partial charge in [0.05, 0.1) is 21.8 Å². The first-order valence-corrected chi connectivity index (χ1v) is 10.6. The van der Waals surface area contributed by atoms with Gasteiger partial charge in [0.25, 0.3) is 5.91 Å². The number of thiazole rings is 1. The van der Waals surface area contributed by atoms with Crippen molar-refractivity contribution in [1.82, 2.24) is 4.98 Å². The van der Waals surface area contributed by atoms with E-state index in [2.05, 4.69) is 0 Å². The number of amides is 1. The molecule has 146 valence electrons. The third kappa shape index (κ3) is 3.91. The summed E-state index contributed by atoms with van der Waals surface area (Å²) in [6.07, 6.45) is 0. The standard InChI is InChI=1S/C24H21ClN2OS/c1-15-9-10-16(2)19(13-15)23(28)27(14-18-7-5-4-6-8-18)24-26-21-17(3)11-12-20(25)22(21)29-24/h4-13H,14H2,1-3H3. The quantitative estimate of drug-likeness (QED) is 0.367. The number of halogens is 1. The second kappa shape index (κ2) is 7.97. The van der Waals surface area contributed by atoms with Gasteiger partial charge in [0.1, 0.15) is 0 Å². The molecule has 0 saturated heterocycles. The summed E-state index contributed by atoms with van der Waals surface area (Å²) >= 11 is 7.88. The number of hydrogen-bond acceptors (Lipinski definition) is 3. The molecule has 1 amide bonds. The molecule has 0 radical (unpaired) electrons. The molecule has 0 aliphatic rings. The molecule has 4 rings (SSSR count). The van der Waals surface area contributed by atoms with Gasteiger partial charge in [-0.3, -0.25) is 9.69 Å². The van der Waals surface area contributed by atoms with Gasteiger partial charge in [-0.15, -0.1) is 0 Å². The van der Waals surface area contributed by atoms with E-state index in [1.165, 1.54) is 11.3 Å². The third-order valence-corrected chi connectivity index (χ3v) is 6.51. The second-order valence-electron chi connectivity index (χ2n) is 7.23. The van der Waals surface area contributed by atoms with Crippen LogP contribution in [0.1, 0.15) is 32.6 Å². The van der Waals surface area contributed by atoms with Crippen molar-refractivity contribution < 1.29 is 4.79 Å². The molecule has 0 aliphatic heterocycles. The first-order chi connectivity index (χ1) is 13.9. The Labute approximate surface area is 179 Å². The lowest BCUT2D eigenvalue weighted by atomic mass is 10.0. The highest BCUT2D eigenvalue weighted by Gasteiger charge is 2.24. The highest BCUT2D eigenvalue weighted by atomic mass is 35.5. The van der Waals surface area contributed by atoms with Gasteiger partial charge in [0, 0.05) is 5.56 Å². The lowest BCUT2D eigenvalue weighted by Gasteiger charge is -2.21. The molecule has 0 N–H and O–H groups in total. The van der Waals surface area contributed by atoms with Crippen molar-refractivity contribution in [2.24, 2.45) is 0 Å². The largest absolute Gasteiger partial charge is 0.279 e. The lowest BCUT2D eigenvalue weighted by molar-refractivity contribution is 0.0984. The van der Waals surface area contributed by atoms with Gasteiger partial charge in [-0.1, -0.05) is 77.0 Å². The lowest BCUT2D eigenvalue weighted by Crippen LogP contribution is -2.31. The fraction of sp³-hybridized carbons (Fsp3) is 0.167. The van der Waals surface area contributed by atoms with Gasteiger partial charge in [-0.25, -0.2) is 4.98 Å². The maximum absolute atomic E-state index is 13.6. The van der Waals surface area contributed by atoms with E-state index in [1.54, 1.807) is 4.90 Å². The summed E-state index contributed by atoms with van der Waals surface area (Å²) < 4.78 is 0.911. The van der Waals surface area contributed by atoms with Crippen molar-refractivity contribution in [3.63, 3.8) is 0 Å². The Kier molecular flexibility index (Phi) is 5.39. The van der Waals surface area contributed by atoms with Crippen LogP contribution in [0, 0.1) is 20.8 Å². The Morgan fingerprint density at radius 2 is 1.72 bits per heavy atom. The van der Waals surface area contributed by atoms with Crippen LogP contribution in [0.15, 0.2) is 60.7 Å². The molecule has 1 aromatic heterocycles. The van der Waals surface area contributed by atoms with Crippen molar-refractivity contribution in [2.75, 3.05) is 4.90 Å². The summed E-state index contributed by atoms with van der Waals surface area (Å²) in [5, 5.41) is 1.32. The summed E-state index contributed by atoms with van der Waals surface area (Å²) in [5.74, 6) is -0.0529. The average Bonchev–Trinajstić information content (AvgIpc) is 3.18. The monoisotopic (exact) mass is 420 g/mol. The molecule has 0 bridgehead atoms. The van der Waals surface area contributed by atoms with Crippen LogP contribution < -0.4 is 4.90 Å². The number of hydrogen-bond donors (Lipinski definition) is 0. The molecular formula is C24H21ClN2OS. The first kappa shape index (κ1) is 19.6. The van der Waals surface area contributed by atoms with Crippen molar-refractivity contribution in [1.29, 1.82) is 0 Å². The van der Waals surface area contributed by atoms with E-state index in [-0.39, 0.29) is 5.91 Å². The Morgan fingerprint density at radius 3 is 2.45 bits per heavy atom. The van der Waals surface area contributed by atoms with Crippen molar-refractivity contribution in [2.45, 2.75) is 27.3 Å². The van der Waals surface area contributed by atoms with E-state index in [4.69, 9.17) is 16.6 Å². The molecule has 0 saturated carbocycles. The van der Waals surface area contributed by atoms with Gasteiger partial charge >= 0.3 is 0 Å². The van der Waals surface area contributed by atoms with E-state index < -0.39 is 0 Å². The Morgan fingerprint density at radius 1 is 1.00 bits per heavy atom. The summed E-state index contributed by atoms with van der Waals surface area (Å²) in [7, 11) is 0. The van der Waals surface area contributed by atoms with Gasteiger partial charge in [-0.05, 0) is 49.6 Å². The summed E-state index contributed by atoms with van der Waals surface area (Å²) in [6.45, 7) is 6.42. The van der Waals surface area contributed by atoms with E-state index >= 15 is 0 Å². The van der Waals surface area contributed by atoms with Crippen LogP contribution in [0.5, 0.6) is 0 Å². The maximum atomic E-state index is 13.6. The predicted octanol–water partition coefficient (Wildman–Crippen LogP) is 6.72. The van der Waals surface area contributed by atoms with Crippen molar-refractivity contribution in [3.05, 3.63) is 93.5 Å². The van der Waals surface area contributed by atoms with Crippen LogP contribution >= 0.6 is 22.9 Å². The van der Waals surface area contributed by atoms with Crippen LogP contribution in [0.4, 0.5) is 5.13 Å². The molecule has 5 heteroatoms. The van der Waals surface area contributed by atoms with E-state index in [0.717, 1.165) is 32.5 Å². The molecular weight excluding hydrogens is 400 g/mol. The van der Waals surface area contributed by atoms with Crippen LogP contribution in [-0.4, -0.2) is 10.9 Å². The molecule has 29 heavy (non-hydrogen) atoms. The Balaban J connectivity index is 1.84. The molecule has 0 unspecified atom stereocenters. The zero-order chi connectivity index (χ0) is 20.5. The minimum absolute atomic E-state index is 0.0529. The van der Waals surface area contributed by atoms with E-state index in [1.807, 2.05) is 81.4 Å². The molecule has 0 spiro atoms. The SMILES string of the molecule is Cc1ccc(C)c(C(=O)N(Cc2ccccc2)c2nc3c(C)ccc(Cl)c3s2)c1. The highest BCUT2D eigenvalue weighted by molar-refractivity contribution is 7.23. The Hall–Kier alpha value is -2.69. The first-order valence-electron chi connectivity index (χ1n) is 9.42. The zero-order valence-corrected chi connectivity index (χ0v) is 18.1. The molecule has 4 aromatic rings.